The third-order valence-corrected chi connectivity index (χ3v) is 3.51. The van der Waals surface area contributed by atoms with Crippen LogP contribution in [-0.2, 0) is 0 Å². The summed E-state index contributed by atoms with van der Waals surface area (Å²) >= 11 is 0. The highest BCUT2D eigenvalue weighted by molar-refractivity contribution is 6.08. The fourth-order valence-corrected chi connectivity index (χ4v) is 2.69. The summed E-state index contributed by atoms with van der Waals surface area (Å²) in [5, 5.41) is 2.53. The second-order valence-electron chi connectivity index (χ2n) is 4.62. The highest BCUT2D eigenvalue weighted by Gasteiger charge is 2.10. The Balaban J connectivity index is 2.24. The van der Waals surface area contributed by atoms with E-state index >= 15 is 0 Å². The largest absolute Gasteiger partial charge is 0.309 e. The molecule has 0 bridgehead atoms. The average molecular weight is 242 g/mol. The van der Waals surface area contributed by atoms with Crippen LogP contribution in [0.4, 0.5) is 0 Å². The van der Waals surface area contributed by atoms with E-state index in [1.54, 1.807) is 0 Å². The summed E-state index contributed by atoms with van der Waals surface area (Å²) in [6.45, 7) is 0. The molecule has 3 aromatic carbocycles. The van der Waals surface area contributed by atoms with Crippen LogP contribution in [0.3, 0.4) is 0 Å². The van der Waals surface area contributed by atoms with Crippen molar-refractivity contribution in [2.24, 2.45) is 0 Å². The van der Waals surface area contributed by atoms with Gasteiger partial charge in [-0.3, -0.25) is 0 Å². The lowest BCUT2D eigenvalue weighted by atomic mass is 10.2. The Morgan fingerprint density at radius 3 is 2.32 bits per heavy atom. The highest BCUT2D eigenvalue weighted by atomic mass is 15.0. The number of hydrogen-bond acceptors (Lipinski definition) is 0. The molecule has 0 saturated carbocycles. The van der Waals surface area contributed by atoms with Gasteiger partial charge in [-0.1, -0.05) is 54.6 Å². The molecule has 0 aliphatic rings. The zero-order chi connectivity index (χ0) is 12.7. The number of fused-ring (bicyclic) bond motifs is 3. The fraction of sp³-hybridized carbons (Fsp3) is 0. The van der Waals surface area contributed by atoms with Crippen LogP contribution in [0.2, 0.25) is 0 Å². The van der Waals surface area contributed by atoms with E-state index in [4.69, 9.17) is 0 Å². The Labute approximate surface area is 111 Å². The van der Waals surface area contributed by atoms with Crippen LogP contribution < -0.4 is 0 Å². The second kappa shape index (κ2) is 3.99. The smallest absolute Gasteiger partial charge is 0.0620 e. The topological polar surface area (TPSA) is 4.93 Å². The van der Waals surface area contributed by atoms with E-state index in [9.17, 15) is 0 Å². The van der Waals surface area contributed by atoms with Gasteiger partial charge in [-0.15, -0.1) is 0 Å². The van der Waals surface area contributed by atoms with Crippen molar-refractivity contribution in [3.63, 3.8) is 0 Å². The van der Waals surface area contributed by atoms with Crippen molar-refractivity contribution in [1.29, 1.82) is 0 Å². The summed E-state index contributed by atoms with van der Waals surface area (Å²) in [4.78, 5) is 0. The third kappa shape index (κ3) is 1.48. The van der Waals surface area contributed by atoms with Gasteiger partial charge in [0.05, 0.1) is 11.0 Å². The first-order chi connectivity index (χ1) is 9.45. The van der Waals surface area contributed by atoms with Crippen LogP contribution in [-0.4, -0.2) is 4.57 Å². The molecule has 1 radical (unpaired) electrons. The lowest BCUT2D eigenvalue weighted by molar-refractivity contribution is 1.18. The molecule has 0 aliphatic carbocycles. The van der Waals surface area contributed by atoms with Crippen LogP contribution in [0.5, 0.6) is 0 Å². The van der Waals surface area contributed by atoms with Gasteiger partial charge >= 0.3 is 0 Å². The van der Waals surface area contributed by atoms with Gasteiger partial charge in [-0.25, -0.2) is 0 Å². The molecular weight excluding hydrogens is 230 g/mol. The lowest BCUT2D eigenvalue weighted by Crippen LogP contribution is -1.92. The van der Waals surface area contributed by atoms with Gasteiger partial charge in [0.2, 0.25) is 0 Å². The normalized spacial score (nSPS) is 11.2. The van der Waals surface area contributed by atoms with E-state index in [-0.39, 0.29) is 0 Å². The molecule has 19 heavy (non-hydrogen) atoms. The number of benzene rings is 3. The van der Waals surface area contributed by atoms with E-state index in [0.29, 0.717) is 0 Å². The van der Waals surface area contributed by atoms with Crippen LogP contribution in [0, 0.1) is 6.07 Å². The number of rotatable bonds is 1. The Hall–Kier alpha value is -2.54. The predicted molar refractivity (Wildman–Crippen MR) is 79.6 cm³/mol. The second-order valence-corrected chi connectivity index (χ2v) is 4.62. The first-order valence-electron chi connectivity index (χ1n) is 6.40. The maximum Gasteiger partial charge on any atom is 0.0620 e. The van der Waals surface area contributed by atoms with Crippen molar-refractivity contribution in [3.8, 4) is 5.69 Å². The quantitative estimate of drug-likeness (QED) is 0.460. The third-order valence-electron chi connectivity index (χ3n) is 3.51. The molecular formula is C18H12N. The molecule has 0 aliphatic heterocycles. The summed E-state index contributed by atoms with van der Waals surface area (Å²) in [6.07, 6.45) is 0. The van der Waals surface area contributed by atoms with E-state index in [2.05, 4.69) is 65.2 Å². The summed E-state index contributed by atoms with van der Waals surface area (Å²) in [5.74, 6) is 0. The monoisotopic (exact) mass is 242 g/mol. The zero-order valence-electron chi connectivity index (χ0n) is 10.4. The first kappa shape index (κ1) is 10.4. The molecule has 0 N–H and O–H groups in total. The van der Waals surface area contributed by atoms with Gasteiger partial charge in [0, 0.05) is 22.5 Å². The number of para-hydroxylation sites is 3. The van der Waals surface area contributed by atoms with Crippen molar-refractivity contribution in [2.45, 2.75) is 0 Å². The van der Waals surface area contributed by atoms with E-state index in [0.717, 1.165) is 5.52 Å². The number of aromatic nitrogens is 1. The van der Waals surface area contributed by atoms with Crippen LogP contribution >= 0.6 is 0 Å². The molecule has 0 atom stereocenters. The Morgan fingerprint density at radius 1 is 0.684 bits per heavy atom. The molecule has 4 aromatic rings. The molecule has 0 spiro atoms. The summed E-state index contributed by atoms with van der Waals surface area (Å²) in [5.41, 5.74) is 3.54. The minimum atomic E-state index is 1.13. The van der Waals surface area contributed by atoms with Crippen LogP contribution in [0.15, 0.2) is 72.8 Å². The van der Waals surface area contributed by atoms with Gasteiger partial charge in [0.25, 0.3) is 0 Å². The van der Waals surface area contributed by atoms with Gasteiger partial charge in [0.15, 0.2) is 0 Å². The molecule has 1 nitrogen and oxygen atoms in total. The predicted octanol–water partition coefficient (Wildman–Crippen LogP) is 4.58. The van der Waals surface area contributed by atoms with E-state index in [1.165, 1.54) is 22.0 Å². The Morgan fingerprint density at radius 2 is 1.42 bits per heavy atom. The SMILES string of the molecule is [c]1cccc2c3ccccc3n(-c3ccccc3)c12. The lowest BCUT2D eigenvalue weighted by Gasteiger charge is -2.06. The molecule has 1 heteroatoms. The van der Waals surface area contributed by atoms with Gasteiger partial charge in [-0.2, -0.15) is 0 Å². The molecule has 0 unspecified atom stereocenters. The van der Waals surface area contributed by atoms with E-state index in [1.807, 2.05) is 18.2 Å². The Kier molecular flexibility index (Phi) is 2.18. The van der Waals surface area contributed by atoms with Crippen LogP contribution in [0.1, 0.15) is 0 Å². The number of nitrogens with zero attached hydrogens (tertiary/aromatic N) is 1. The molecule has 4 rings (SSSR count). The van der Waals surface area contributed by atoms with Gasteiger partial charge < -0.3 is 4.57 Å². The van der Waals surface area contributed by atoms with Gasteiger partial charge in [0.1, 0.15) is 0 Å². The van der Waals surface area contributed by atoms with Gasteiger partial charge in [-0.05, 0) is 18.2 Å². The molecule has 0 amide bonds. The standard InChI is InChI=1S/C18H12N/c1-2-8-14(9-3-1)19-17-12-6-4-10-15(17)16-11-5-7-13-18(16)19/h1-12H. The summed E-state index contributed by atoms with van der Waals surface area (Å²) in [7, 11) is 0. The first-order valence-corrected chi connectivity index (χ1v) is 6.40. The molecule has 0 saturated heterocycles. The molecule has 0 fully saturated rings. The average Bonchev–Trinajstić information content (AvgIpc) is 2.83. The van der Waals surface area contributed by atoms with Crippen molar-refractivity contribution >= 4 is 21.8 Å². The minimum absolute atomic E-state index is 1.13. The van der Waals surface area contributed by atoms with Crippen molar-refractivity contribution in [3.05, 3.63) is 78.9 Å². The van der Waals surface area contributed by atoms with E-state index < -0.39 is 0 Å². The molecule has 89 valence electrons. The summed E-state index contributed by atoms with van der Waals surface area (Å²) < 4.78 is 2.27. The maximum absolute atomic E-state index is 3.37. The maximum atomic E-state index is 3.37. The minimum Gasteiger partial charge on any atom is -0.309 e. The number of hydrogen-bond donors (Lipinski definition) is 0. The molecule has 1 heterocycles. The van der Waals surface area contributed by atoms with Crippen molar-refractivity contribution in [1.82, 2.24) is 4.57 Å². The zero-order valence-corrected chi connectivity index (χ0v) is 10.4. The van der Waals surface area contributed by atoms with Crippen molar-refractivity contribution < 1.29 is 0 Å². The fourth-order valence-electron chi connectivity index (χ4n) is 2.69. The van der Waals surface area contributed by atoms with Crippen molar-refractivity contribution in [2.75, 3.05) is 0 Å². The van der Waals surface area contributed by atoms with Crippen LogP contribution in [0.25, 0.3) is 27.5 Å². The Bertz CT molecular complexity index is 803. The highest BCUT2D eigenvalue weighted by Crippen LogP contribution is 2.30. The summed E-state index contributed by atoms with van der Waals surface area (Å²) in [6, 6.07) is 28.5. The molecule has 1 aromatic heterocycles.